The van der Waals surface area contributed by atoms with Crippen LogP contribution in [0.5, 0.6) is 0 Å². The molecule has 0 amide bonds. The van der Waals surface area contributed by atoms with E-state index in [1.807, 2.05) is 81.4 Å². The Morgan fingerprint density at radius 1 is 1.00 bits per heavy atom. The summed E-state index contributed by atoms with van der Waals surface area (Å²) in [5.74, 6) is 0.341. The number of aryl methyl sites for hydroxylation is 1. The van der Waals surface area contributed by atoms with E-state index in [0.29, 0.717) is 22.6 Å². The highest BCUT2D eigenvalue weighted by molar-refractivity contribution is 5.99. The molecule has 5 rings (SSSR count). The number of fused-ring (bicyclic) bond motifs is 1. The molecule has 0 bridgehead atoms. The van der Waals surface area contributed by atoms with Crippen LogP contribution in [-0.4, -0.2) is 35.5 Å². The smallest absolute Gasteiger partial charge is 0.267 e. The molecule has 0 fully saturated rings. The third-order valence-electron chi connectivity index (χ3n) is 5.79. The fraction of sp³-hybridized carbons (Fsp3) is 0.120. The van der Waals surface area contributed by atoms with Crippen LogP contribution in [0.3, 0.4) is 0 Å². The van der Waals surface area contributed by atoms with Crippen molar-refractivity contribution in [2.24, 2.45) is 5.10 Å². The molecule has 0 unspecified atom stereocenters. The number of nitrogens with zero attached hydrogens (tertiary/aromatic N) is 7. The van der Waals surface area contributed by atoms with E-state index in [1.165, 1.54) is 6.33 Å². The maximum Gasteiger partial charge on any atom is 0.267 e. The van der Waals surface area contributed by atoms with Crippen molar-refractivity contribution >= 4 is 22.6 Å². The SMILES string of the molecule is C/C(=N\Nc1nc2ccccc2c(=O)n1-c1cccc(C)c1C)c1cccc(-n2cnnn2)c1. The van der Waals surface area contributed by atoms with E-state index in [4.69, 9.17) is 4.98 Å². The highest BCUT2D eigenvalue weighted by atomic mass is 16.1. The number of nitrogens with one attached hydrogen (secondary N) is 1. The van der Waals surface area contributed by atoms with Gasteiger partial charge in [-0.25, -0.2) is 19.7 Å². The molecule has 9 nitrogen and oxygen atoms in total. The molecule has 0 radical (unpaired) electrons. The van der Waals surface area contributed by atoms with Gasteiger partial charge in [-0.3, -0.25) is 4.79 Å². The van der Waals surface area contributed by atoms with Crippen molar-refractivity contribution in [1.82, 2.24) is 29.8 Å². The predicted molar refractivity (Wildman–Crippen MR) is 132 cm³/mol. The van der Waals surface area contributed by atoms with Gasteiger partial charge >= 0.3 is 0 Å². The van der Waals surface area contributed by atoms with Gasteiger partial charge in [0, 0.05) is 0 Å². The topological polar surface area (TPSA) is 103 Å². The summed E-state index contributed by atoms with van der Waals surface area (Å²) in [6.45, 7) is 5.90. The Balaban J connectivity index is 1.60. The van der Waals surface area contributed by atoms with Gasteiger partial charge in [0.15, 0.2) is 0 Å². The fourth-order valence-corrected chi connectivity index (χ4v) is 3.76. The number of rotatable bonds is 5. The van der Waals surface area contributed by atoms with Gasteiger partial charge in [0.25, 0.3) is 5.56 Å². The molecule has 0 aliphatic carbocycles. The first-order valence-corrected chi connectivity index (χ1v) is 10.8. The summed E-state index contributed by atoms with van der Waals surface area (Å²) < 4.78 is 3.16. The molecular formula is C25H22N8O. The fourth-order valence-electron chi connectivity index (χ4n) is 3.76. The molecule has 3 aromatic carbocycles. The van der Waals surface area contributed by atoms with Crippen LogP contribution in [0.15, 0.2) is 83.0 Å². The highest BCUT2D eigenvalue weighted by Gasteiger charge is 2.15. The number of hydrazone groups is 1. The number of benzene rings is 3. The zero-order valence-electron chi connectivity index (χ0n) is 19.0. The van der Waals surface area contributed by atoms with Crippen molar-refractivity contribution < 1.29 is 0 Å². The van der Waals surface area contributed by atoms with Crippen LogP contribution in [0, 0.1) is 13.8 Å². The van der Waals surface area contributed by atoms with Crippen LogP contribution < -0.4 is 11.0 Å². The van der Waals surface area contributed by atoms with E-state index in [1.54, 1.807) is 15.3 Å². The first-order valence-electron chi connectivity index (χ1n) is 10.8. The maximum absolute atomic E-state index is 13.5. The Bertz CT molecular complexity index is 1580. The van der Waals surface area contributed by atoms with E-state index in [9.17, 15) is 4.79 Å². The molecule has 0 aliphatic heterocycles. The zero-order chi connectivity index (χ0) is 23.7. The van der Waals surface area contributed by atoms with E-state index < -0.39 is 0 Å². The molecule has 5 aromatic rings. The first-order chi connectivity index (χ1) is 16.5. The number of tetrazole rings is 1. The molecule has 9 heteroatoms. The third kappa shape index (κ3) is 3.83. The monoisotopic (exact) mass is 450 g/mol. The lowest BCUT2D eigenvalue weighted by atomic mass is 10.1. The Hall–Kier alpha value is -4.66. The average Bonchev–Trinajstić information content (AvgIpc) is 3.40. The summed E-state index contributed by atoms with van der Waals surface area (Å²) in [4.78, 5) is 18.2. The first kappa shape index (κ1) is 21.2. The molecule has 2 aromatic heterocycles. The minimum atomic E-state index is -0.157. The molecular weight excluding hydrogens is 428 g/mol. The van der Waals surface area contributed by atoms with Crippen molar-refractivity contribution in [1.29, 1.82) is 0 Å². The minimum Gasteiger partial charge on any atom is -0.268 e. The molecule has 0 atom stereocenters. The molecule has 34 heavy (non-hydrogen) atoms. The summed E-state index contributed by atoms with van der Waals surface area (Å²) in [5.41, 5.74) is 8.73. The lowest BCUT2D eigenvalue weighted by Crippen LogP contribution is -2.24. The summed E-state index contributed by atoms with van der Waals surface area (Å²) in [6, 6.07) is 20.9. The molecule has 2 heterocycles. The Labute approximate surface area is 195 Å². The van der Waals surface area contributed by atoms with Crippen molar-refractivity contribution in [3.8, 4) is 11.4 Å². The number of hydrogen-bond acceptors (Lipinski definition) is 7. The normalized spacial score (nSPS) is 11.7. The number of aromatic nitrogens is 6. The van der Waals surface area contributed by atoms with E-state index >= 15 is 0 Å². The largest absolute Gasteiger partial charge is 0.268 e. The summed E-state index contributed by atoms with van der Waals surface area (Å²) in [5, 5.41) is 16.4. The number of hydrogen-bond donors (Lipinski definition) is 1. The van der Waals surface area contributed by atoms with Crippen LogP contribution in [0.25, 0.3) is 22.3 Å². The predicted octanol–water partition coefficient (Wildman–Crippen LogP) is 3.81. The van der Waals surface area contributed by atoms with Gasteiger partial charge in [0.1, 0.15) is 6.33 Å². The second-order valence-electron chi connectivity index (χ2n) is 7.93. The van der Waals surface area contributed by atoms with Gasteiger partial charge < -0.3 is 0 Å². The van der Waals surface area contributed by atoms with Crippen molar-refractivity contribution in [3.63, 3.8) is 0 Å². The minimum absolute atomic E-state index is 0.157. The van der Waals surface area contributed by atoms with Crippen LogP contribution in [0.4, 0.5) is 5.95 Å². The molecule has 0 aliphatic rings. The highest BCUT2D eigenvalue weighted by Crippen LogP contribution is 2.21. The third-order valence-corrected chi connectivity index (χ3v) is 5.79. The van der Waals surface area contributed by atoms with Gasteiger partial charge in [-0.15, -0.1) is 5.10 Å². The van der Waals surface area contributed by atoms with Gasteiger partial charge in [-0.1, -0.05) is 36.4 Å². The van der Waals surface area contributed by atoms with Crippen LogP contribution >= 0.6 is 0 Å². The Morgan fingerprint density at radius 2 is 1.82 bits per heavy atom. The van der Waals surface area contributed by atoms with Crippen LogP contribution in [-0.2, 0) is 0 Å². The Morgan fingerprint density at radius 3 is 2.65 bits per heavy atom. The van der Waals surface area contributed by atoms with Crippen LogP contribution in [0.2, 0.25) is 0 Å². The lowest BCUT2D eigenvalue weighted by molar-refractivity contribution is 0.789. The van der Waals surface area contributed by atoms with Gasteiger partial charge in [0.2, 0.25) is 5.95 Å². The van der Waals surface area contributed by atoms with Crippen molar-refractivity contribution in [3.05, 3.63) is 100 Å². The standard InChI is InChI=1S/C25H22N8O/c1-16-8-6-13-23(17(16)2)33-24(34)21-11-4-5-12-22(21)27-25(33)29-28-18(3)19-9-7-10-20(14-19)32-15-26-30-31-32/h4-15H,1-3H3,(H,27,29)/b28-18+. The summed E-state index contributed by atoms with van der Waals surface area (Å²) in [7, 11) is 0. The van der Waals surface area contributed by atoms with E-state index in [2.05, 4.69) is 26.1 Å². The van der Waals surface area contributed by atoms with E-state index in [-0.39, 0.29) is 5.56 Å². The zero-order valence-corrected chi connectivity index (χ0v) is 19.0. The van der Waals surface area contributed by atoms with Crippen LogP contribution in [0.1, 0.15) is 23.6 Å². The Kier molecular flexibility index (Phi) is 5.43. The van der Waals surface area contributed by atoms with Gasteiger partial charge in [0.05, 0.1) is 28.0 Å². The lowest BCUT2D eigenvalue weighted by Gasteiger charge is -2.16. The summed E-state index contributed by atoms with van der Waals surface area (Å²) >= 11 is 0. The quantitative estimate of drug-likeness (QED) is 0.323. The average molecular weight is 451 g/mol. The van der Waals surface area contributed by atoms with Crippen molar-refractivity contribution in [2.75, 3.05) is 5.43 Å². The molecule has 1 N–H and O–H groups in total. The number of anilines is 1. The molecule has 0 saturated carbocycles. The second-order valence-corrected chi connectivity index (χ2v) is 7.93. The van der Waals surface area contributed by atoms with Crippen molar-refractivity contribution in [2.45, 2.75) is 20.8 Å². The second kappa shape index (κ2) is 8.70. The molecule has 0 saturated heterocycles. The molecule has 168 valence electrons. The number of para-hydroxylation sites is 1. The summed E-state index contributed by atoms with van der Waals surface area (Å²) in [6.07, 6.45) is 1.53. The van der Waals surface area contributed by atoms with Gasteiger partial charge in [-0.2, -0.15) is 5.10 Å². The molecule has 0 spiro atoms. The van der Waals surface area contributed by atoms with Gasteiger partial charge in [-0.05, 0) is 78.2 Å². The van der Waals surface area contributed by atoms with E-state index in [0.717, 1.165) is 28.1 Å². The maximum atomic E-state index is 13.5.